The predicted molar refractivity (Wildman–Crippen MR) is 129 cm³/mol. The zero-order valence-electron chi connectivity index (χ0n) is 20.4. The highest BCUT2D eigenvalue weighted by Gasteiger charge is 2.38. The SMILES string of the molecule is Fc1cc2cc(C#CC3CCC4CC(C5CCCCO5)CCC4C3)cc(F)c2c(F)c1C#CC(F)(F)F. The molecule has 37 heavy (non-hydrogen) atoms. The molecule has 0 amide bonds. The number of fused-ring (bicyclic) bond motifs is 2. The van der Waals surface area contributed by atoms with Gasteiger partial charge in [-0.2, -0.15) is 13.2 Å². The van der Waals surface area contributed by atoms with E-state index in [0.29, 0.717) is 23.9 Å². The molecule has 7 heteroatoms. The summed E-state index contributed by atoms with van der Waals surface area (Å²) in [6.07, 6.45) is 5.75. The van der Waals surface area contributed by atoms with Gasteiger partial charge in [0.25, 0.3) is 0 Å². The first kappa shape index (κ1) is 26.0. The molecule has 5 unspecified atom stereocenters. The highest BCUT2D eigenvalue weighted by Crippen LogP contribution is 2.46. The van der Waals surface area contributed by atoms with Crippen LogP contribution in [0.25, 0.3) is 10.8 Å². The maximum absolute atomic E-state index is 14.8. The number of hydrogen-bond acceptors (Lipinski definition) is 1. The summed E-state index contributed by atoms with van der Waals surface area (Å²) >= 11 is 0. The maximum atomic E-state index is 14.8. The van der Waals surface area contributed by atoms with E-state index >= 15 is 0 Å². The lowest BCUT2D eigenvalue weighted by Crippen LogP contribution is -2.37. The second-order valence-electron chi connectivity index (χ2n) is 10.6. The molecule has 2 aromatic carbocycles. The maximum Gasteiger partial charge on any atom is 0.458 e. The van der Waals surface area contributed by atoms with Crippen LogP contribution >= 0.6 is 0 Å². The minimum absolute atomic E-state index is 0.108. The molecule has 1 nitrogen and oxygen atoms in total. The quantitative estimate of drug-likeness (QED) is 0.275. The van der Waals surface area contributed by atoms with E-state index in [4.69, 9.17) is 4.74 Å². The van der Waals surface area contributed by atoms with Crippen molar-refractivity contribution in [3.8, 4) is 23.7 Å². The van der Waals surface area contributed by atoms with Crippen molar-refractivity contribution in [3.63, 3.8) is 0 Å². The van der Waals surface area contributed by atoms with Crippen LogP contribution in [0.2, 0.25) is 0 Å². The summed E-state index contributed by atoms with van der Waals surface area (Å²) in [5.41, 5.74) is -0.831. The first-order chi connectivity index (χ1) is 17.7. The fourth-order valence-electron chi connectivity index (χ4n) is 6.45. The van der Waals surface area contributed by atoms with Gasteiger partial charge in [-0.15, -0.1) is 0 Å². The minimum atomic E-state index is -4.92. The average Bonchev–Trinajstić information content (AvgIpc) is 2.86. The minimum Gasteiger partial charge on any atom is -0.378 e. The first-order valence-electron chi connectivity index (χ1n) is 13.0. The molecular formula is C30H28F6O. The largest absolute Gasteiger partial charge is 0.458 e. The number of hydrogen-bond donors (Lipinski definition) is 0. The van der Waals surface area contributed by atoms with Crippen LogP contribution < -0.4 is 0 Å². The van der Waals surface area contributed by atoms with Gasteiger partial charge >= 0.3 is 6.18 Å². The van der Waals surface area contributed by atoms with Crippen molar-refractivity contribution >= 4 is 10.8 Å². The molecule has 5 atom stereocenters. The van der Waals surface area contributed by atoms with Crippen LogP contribution in [0.4, 0.5) is 26.3 Å². The Kier molecular flexibility index (Phi) is 7.46. The van der Waals surface area contributed by atoms with Crippen LogP contribution in [0.5, 0.6) is 0 Å². The number of rotatable bonds is 1. The number of benzene rings is 2. The van der Waals surface area contributed by atoms with Gasteiger partial charge < -0.3 is 4.74 Å². The van der Waals surface area contributed by atoms with E-state index < -0.39 is 34.6 Å². The molecule has 196 valence electrons. The molecule has 3 aliphatic rings. The highest BCUT2D eigenvalue weighted by molar-refractivity contribution is 5.87. The van der Waals surface area contributed by atoms with Crippen LogP contribution in [0, 0.1) is 64.8 Å². The first-order valence-corrected chi connectivity index (χ1v) is 13.0. The third kappa shape index (κ3) is 5.93. The molecule has 0 N–H and O–H groups in total. The summed E-state index contributed by atoms with van der Waals surface area (Å²) in [5.74, 6) is 6.90. The molecule has 2 aromatic rings. The van der Waals surface area contributed by atoms with Gasteiger partial charge in [-0.25, -0.2) is 13.2 Å². The smallest absolute Gasteiger partial charge is 0.378 e. The van der Waals surface area contributed by atoms with E-state index in [1.54, 1.807) is 0 Å². The molecule has 0 spiro atoms. The molecule has 0 bridgehead atoms. The van der Waals surface area contributed by atoms with Crippen LogP contribution in [0.15, 0.2) is 18.2 Å². The summed E-state index contributed by atoms with van der Waals surface area (Å²) in [7, 11) is 0. The summed E-state index contributed by atoms with van der Waals surface area (Å²) < 4.78 is 86.9. The van der Waals surface area contributed by atoms with E-state index in [0.717, 1.165) is 50.3 Å². The average molecular weight is 519 g/mol. The van der Waals surface area contributed by atoms with Crippen molar-refractivity contribution < 1.29 is 31.1 Å². The van der Waals surface area contributed by atoms with Gasteiger partial charge in [-0.1, -0.05) is 17.8 Å². The van der Waals surface area contributed by atoms with Gasteiger partial charge in [0.15, 0.2) is 5.82 Å². The lowest BCUT2D eigenvalue weighted by atomic mass is 9.63. The highest BCUT2D eigenvalue weighted by atomic mass is 19.4. The Morgan fingerprint density at radius 3 is 2.30 bits per heavy atom. The topological polar surface area (TPSA) is 9.23 Å². The fraction of sp³-hybridized carbons (Fsp3) is 0.533. The Morgan fingerprint density at radius 1 is 0.784 bits per heavy atom. The molecule has 2 saturated carbocycles. The molecule has 0 radical (unpaired) electrons. The fourth-order valence-corrected chi connectivity index (χ4v) is 6.45. The van der Waals surface area contributed by atoms with Crippen LogP contribution in [0.1, 0.15) is 68.9 Å². The molecule has 2 aliphatic carbocycles. The Hall–Kier alpha value is -2.64. The zero-order chi connectivity index (χ0) is 26.2. The molecule has 3 fully saturated rings. The van der Waals surface area contributed by atoms with Crippen molar-refractivity contribution in [1.82, 2.24) is 0 Å². The van der Waals surface area contributed by atoms with Crippen molar-refractivity contribution in [2.75, 3.05) is 6.61 Å². The van der Waals surface area contributed by atoms with Gasteiger partial charge in [0, 0.05) is 24.0 Å². The lowest BCUT2D eigenvalue weighted by molar-refractivity contribution is -0.0696. The van der Waals surface area contributed by atoms with Crippen molar-refractivity contribution in [2.24, 2.45) is 23.7 Å². The molecule has 0 aromatic heterocycles. The number of alkyl halides is 3. The second-order valence-corrected chi connectivity index (χ2v) is 10.6. The molecular weight excluding hydrogens is 490 g/mol. The lowest BCUT2D eigenvalue weighted by Gasteiger charge is -2.43. The predicted octanol–water partition coefficient (Wildman–Crippen LogP) is 7.92. The molecule has 1 aliphatic heterocycles. The standard InChI is InChI=1S/C30H28F6O/c31-25-17-23-14-19(15-26(32)28(23)29(33)24(25)10-11-30(34,35)36)5-4-18-6-7-21-16-22(9-8-20(21)13-18)27-3-1-2-12-37-27/h14-15,17-18,20-22,27H,1-3,6-9,12-13,16H2. The van der Waals surface area contributed by atoms with Crippen LogP contribution in [0.3, 0.4) is 0 Å². The van der Waals surface area contributed by atoms with E-state index in [2.05, 4.69) is 11.8 Å². The van der Waals surface area contributed by atoms with Gasteiger partial charge in [-0.3, -0.25) is 0 Å². The van der Waals surface area contributed by atoms with E-state index in [1.807, 2.05) is 0 Å². The Bertz CT molecular complexity index is 1290. The molecule has 1 heterocycles. The van der Waals surface area contributed by atoms with Crippen LogP contribution in [-0.4, -0.2) is 18.9 Å². The third-order valence-electron chi connectivity index (χ3n) is 8.22. The van der Waals surface area contributed by atoms with E-state index in [9.17, 15) is 26.3 Å². The Labute approximate surface area is 212 Å². The van der Waals surface area contributed by atoms with Gasteiger partial charge in [0.1, 0.15) is 11.6 Å². The van der Waals surface area contributed by atoms with Crippen molar-refractivity contribution in [1.29, 1.82) is 0 Å². The van der Waals surface area contributed by atoms with Crippen molar-refractivity contribution in [2.45, 2.75) is 70.1 Å². The molecule has 1 saturated heterocycles. The number of halogens is 6. The summed E-state index contributed by atoms with van der Waals surface area (Å²) in [5, 5.41) is -0.707. The van der Waals surface area contributed by atoms with Gasteiger partial charge in [-0.05, 0) is 99.1 Å². The zero-order valence-corrected chi connectivity index (χ0v) is 20.4. The third-order valence-corrected chi connectivity index (χ3v) is 8.22. The molecule has 5 rings (SSSR count). The van der Waals surface area contributed by atoms with E-state index in [-0.39, 0.29) is 16.9 Å². The summed E-state index contributed by atoms with van der Waals surface area (Å²) in [6.45, 7) is 0.884. The Balaban J connectivity index is 1.29. The normalized spacial score (nSPS) is 28.0. The van der Waals surface area contributed by atoms with Gasteiger partial charge in [0.05, 0.1) is 17.1 Å². The van der Waals surface area contributed by atoms with E-state index in [1.165, 1.54) is 44.1 Å². The monoisotopic (exact) mass is 518 g/mol. The van der Waals surface area contributed by atoms with Crippen molar-refractivity contribution in [3.05, 3.63) is 46.8 Å². The summed E-state index contributed by atoms with van der Waals surface area (Å²) in [6, 6.07) is 3.20. The Morgan fingerprint density at radius 2 is 1.54 bits per heavy atom. The van der Waals surface area contributed by atoms with Crippen LogP contribution in [-0.2, 0) is 4.74 Å². The summed E-state index contributed by atoms with van der Waals surface area (Å²) in [4.78, 5) is 0. The number of ether oxygens (including phenoxy) is 1. The van der Waals surface area contributed by atoms with Gasteiger partial charge in [0.2, 0.25) is 0 Å². The second kappa shape index (κ2) is 10.6.